The maximum absolute atomic E-state index is 13.0. The van der Waals surface area contributed by atoms with E-state index in [9.17, 15) is 9.90 Å². The van der Waals surface area contributed by atoms with Gasteiger partial charge in [0.15, 0.2) is 0 Å². The van der Waals surface area contributed by atoms with E-state index in [1.54, 1.807) is 0 Å². The Morgan fingerprint density at radius 1 is 1.37 bits per heavy atom. The van der Waals surface area contributed by atoms with Gasteiger partial charge in [0.1, 0.15) is 4.83 Å². The van der Waals surface area contributed by atoms with Gasteiger partial charge in [-0.3, -0.25) is 9.69 Å². The summed E-state index contributed by atoms with van der Waals surface area (Å²) < 4.78 is 0. The van der Waals surface area contributed by atoms with Gasteiger partial charge in [-0.1, -0.05) is 20.8 Å². The lowest BCUT2D eigenvalue weighted by Gasteiger charge is -2.27. The number of amides is 1. The largest absolute Gasteiger partial charge is 0.395 e. The summed E-state index contributed by atoms with van der Waals surface area (Å²) >= 11 is 1.51. The van der Waals surface area contributed by atoms with E-state index in [2.05, 4.69) is 37.1 Å². The Hall–Kier alpha value is -1.50. The first-order valence-electron chi connectivity index (χ1n) is 11.5. The van der Waals surface area contributed by atoms with Crippen LogP contribution in [-0.2, 0) is 12.8 Å². The summed E-state index contributed by atoms with van der Waals surface area (Å²) in [5.74, 6) is 1.10. The predicted octanol–water partition coefficient (Wildman–Crippen LogP) is 4.02. The van der Waals surface area contributed by atoms with Gasteiger partial charge in [0.2, 0.25) is 0 Å². The van der Waals surface area contributed by atoms with Crippen LogP contribution in [0.25, 0.3) is 10.2 Å². The smallest absolute Gasteiger partial charge is 0.261 e. The maximum Gasteiger partial charge on any atom is 0.261 e. The summed E-state index contributed by atoms with van der Waals surface area (Å²) in [7, 11) is 0. The Labute approximate surface area is 183 Å². The standard InChI is InChI=1S/C24H35N3O2S/c1-15(2)20(8-10-27-9-4-5-19(27)14-28)25-23(29)22-13-18-12-17-11-16(3)6-7-21(17)26-24(18)30-22/h12-13,15-16,19-20,28H,4-11,14H2,1-3H3,(H,25,29)/t16-,19-,20+/m0/s1. The number of rotatable bonds is 7. The summed E-state index contributed by atoms with van der Waals surface area (Å²) in [4.78, 5) is 22.0. The number of aliphatic hydroxyl groups is 1. The fraction of sp³-hybridized carbons (Fsp3) is 0.667. The van der Waals surface area contributed by atoms with Crippen molar-refractivity contribution in [2.75, 3.05) is 19.7 Å². The van der Waals surface area contributed by atoms with E-state index in [1.165, 1.54) is 29.0 Å². The van der Waals surface area contributed by atoms with Crippen LogP contribution in [0.1, 0.15) is 67.4 Å². The summed E-state index contributed by atoms with van der Waals surface area (Å²) in [5, 5.41) is 13.9. The second-order valence-electron chi connectivity index (χ2n) is 9.57. The zero-order valence-corrected chi connectivity index (χ0v) is 19.3. The van der Waals surface area contributed by atoms with E-state index in [0.29, 0.717) is 11.8 Å². The first kappa shape index (κ1) is 21.7. The van der Waals surface area contributed by atoms with Crippen molar-refractivity contribution in [3.05, 3.63) is 28.3 Å². The van der Waals surface area contributed by atoms with E-state index >= 15 is 0 Å². The zero-order chi connectivity index (χ0) is 21.3. The van der Waals surface area contributed by atoms with Gasteiger partial charge in [-0.05, 0) is 74.6 Å². The molecule has 2 aromatic heterocycles. The number of carbonyl (C=O) groups excluding carboxylic acids is 1. The van der Waals surface area contributed by atoms with Gasteiger partial charge in [-0.2, -0.15) is 0 Å². The summed E-state index contributed by atoms with van der Waals surface area (Å²) in [6, 6.07) is 4.69. The first-order valence-corrected chi connectivity index (χ1v) is 12.3. The lowest BCUT2D eigenvalue weighted by molar-refractivity contribution is 0.0917. The molecule has 30 heavy (non-hydrogen) atoms. The Bertz CT molecular complexity index is 894. The van der Waals surface area contributed by atoms with Crippen LogP contribution in [0.5, 0.6) is 0 Å². The molecule has 1 aliphatic heterocycles. The minimum atomic E-state index is 0.0168. The van der Waals surface area contributed by atoms with E-state index < -0.39 is 0 Å². The molecular weight excluding hydrogens is 394 g/mol. The van der Waals surface area contributed by atoms with Gasteiger partial charge in [-0.25, -0.2) is 4.98 Å². The number of nitrogens with one attached hydrogen (secondary N) is 1. The van der Waals surface area contributed by atoms with Crippen molar-refractivity contribution in [3.8, 4) is 0 Å². The van der Waals surface area contributed by atoms with Crippen LogP contribution < -0.4 is 5.32 Å². The third kappa shape index (κ3) is 4.71. The highest BCUT2D eigenvalue weighted by atomic mass is 32.1. The number of aromatic nitrogens is 1. The monoisotopic (exact) mass is 429 g/mol. The molecule has 164 valence electrons. The third-order valence-corrected chi connectivity index (χ3v) is 7.95. The lowest BCUT2D eigenvalue weighted by Crippen LogP contribution is -2.42. The molecule has 1 fully saturated rings. The second kappa shape index (κ2) is 9.33. The van der Waals surface area contributed by atoms with Crippen LogP contribution in [0.3, 0.4) is 0 Å². The molecular formula is C24H35N3O2S. The van der Waals surface area contributed by atoms with Gasteiger partial charge < -0.3 is 10.4 Å². The van der Waals surface area contributed by atoms with E-state index in [-0.39, 0.29) is 24.6 Å². The topological polar surface area (TPSA) is 65.5 Å². The molecule has 1 saturated heterocycles. The van der Waals surface area contributed by atoms with E-state index in [4.69, 9.17) is 4.98 Å². The number of nitrogens with zero attached hydrogens (tertiary/aromatic N) is 2. The number of pyridine rings is 1. The quantitative estimate of drug-likeness (QED) is 0.698. The molecule has 1 amide bonds. The van der Waals surface area contributed by atoms with Gasteiger partial charge in [0.05, 0.1) is 11.5 Å². The van der Waals surface area contributed by atoms with Crippen molar-refractivity contribution in [2.24, 2.45) is 11.8 Å². The lowest BCUT2D eigenvalue weighted by atomic mass is 9.88. The number of hydrogen-bond acceptors (Lipinski definition) is 5. The number of aliphatic hydroxyl groups excluding tert-OH is 1. The zero-order valence-electron chi connectivity index (χ0n) is 18.5. The number of carbonyl (C=O) groups is 1. The second-order valence-corrected chi connectivity index (χ2v) is 10.6. The average Bonchev–Trinajstić information content (AvgIpc) is 3.34. The molecule has 0 aromatic carbocycles. The molecule has 2 aromatic rings. The molecule has 3 atom stereocenters. The highest BCUT2D eigenvalue weighted by Crippen LogP contribution is 2.31. The average molecular weight is 430 g/mol. The molecule has 0 bridgehead atoms. The van der Waals surface area contributed by atoms with Crippen LogP contribution in [0.2, 0.25) is 0 Å². The minimum Gasteiger partial charge on any atom is -0.395 e. The van der Waals surface area contributed by atoms with Crippen molar-refractivity contribution in [1.82, 2.24) is 15.2 Å². The van der Waals surface area contributed by atoms with Gasteiger partial charge in [0.25, 0.3) is 5.91 Å². The Morgan fingerprint density at radius 3 is 2.97 bits per heavy atom. The van der Waals surface area contributed by atoms with Crippen LogP contribution in [0.15, 0.2) is 12.1 Å². The summed E-state index contributed by atoms with van der Waals surface area (Å²) in [5.41, 5.74) is 2.58. The fourth-order valence-electron chi connectivity index (χ4n) is 4.93. The number of aryl methyl sites for hydroxylation is 1. The molecule has 4 rings (SSSR count). The number of thiophene rings is 1. The molecule has 1 aliphatic carbocycles. The molecule has 2 aliphatic rings. The van der Waals surface area contributed by atoms with Crippen LogP contribution >= 0.6 is 11.3 Å². The van der Waals surface area contributed by atoms with Crippen molar-refractivity contribution in [3.63, 3.8) is 0 Å². The highest BCUT2D eigenvalue weighted by molar-refractivity contribution is 7.20. The molecule has 0 radical (unpaired) electrons. The van der Waals surface area contributed by atoms with Gasteiger partial charge >= 0.3 is 0 Å². The maximum atomic E-state index is 13.0. The molecule has 5 nitrogen and oxygen atoms in total. The Kier molecular flexibility index (Phi) is 6.75. The highest BCUT2D eigenvalue weighted by Gasteiger charge is 2.26. The summed E-state index contributed by atoms with van der Waals surface area (Å²) in [6.45, 7) is 8.84. The van der Waals surface area contributed by atoms with Crippen LogP contribution in [-0.4, -0.2) is 52.7 Å². The van der Waals surface area contributed by atoms with Crippen LogP contribution in [0, 0.1) is 11.8 Å². The Balaban J connectivity index is 1.44. The van der Waals surface area contributed by atoms with E-state index in [1.807, 2.05) is 6.07 Å². The minimum absolute atomic E-state index is 0.0168. The van der Waals surface area contributed by atoms with Crippen molar-refractivity contribution < 1.29 is 9.90 Å². The summed E-state index contributed by atoms with van der Waals surface area (Å²) in [6.07, 6.45) is 6.49. The number of fused-ring (bicyclic) bond motifs is 2. The van der Waals surface area contributed by atoms with Crippen molar-refractivity contribution in [2.45, 2.75) is 71.4 Å². The molecule has 0 spiro atoms. The number of likely N-dealkylation sites (tertiary alicyclic amines) is 1. The van der Waals surface area contributed by atoms with Crippen LogP contribution in [0.4, 0.5) is 0 Å². The van der Waals surface area contributed by atoms with Gasteiger partial charge in [0, 0.05) is 29.7 Å². The predicted molar refractivity (Wildman–Crippen MR) is 123 cm³/mol. The van der Waals surface area contributed by atoms with Crippen molar-refractivity contribution in [1.29, 1.82) is 0 Å². The first-order chi connectivity index (χ1) is 14.4. The van der Waals surface area contributed by atoms with Crippen molar-refractivity contribution >= 4 is 27.5 Å². The molecule has 2 N–H and O–H groups in total. The molecule has 3 heterocycles. The molecule has 6 heteroatoms. The van der Waals surface area contributed by atoms with Gasteiger partial charge in [-0.15, -0.1) is 11.3 Å². The third-order valence-electron chi connectivity index (χ3n) is 6.90. The molecule has 0 unspecified atom stereocenters. The van der Waals surface area contributed by atoms with E-state index in [0.717, 1.165) is 60.3 Å². The normalized spacial score (nSPS) is 23.1. The Morgan fingerprint density at radius 2 is 2.20 bits per heavy atom. The fourth-order valence-corrected chi connectivity index (χ4v) is 5.87. The SMILES string of the molecule is CC(C)[C@@H](CCN1CCC[C@H]1CO)NC(=O)c1cc2cc3c(nc2s1)CC[C@H](C)C3. The number of hydrogen-bond donors (Lipinski definition) is 2. The molecule has 0 saturated carbocycles.